The lowest BCUT2D eigenvalue weighted by Gasteiger charge is -2.20. The SMILES string of the molecule is CC.CC.CN(C)Cc1cc(CN(C)C)c2ccc3cccc4ccc1c2c43. The maximum absolute atomic E-state index is 2.40. The summed E-state index contributed by atoms with van der Waals surface area (Å²) in [5, 5.41) is 8.30. The first-order valence-electron chi connectivity index (χ1n) is 10.5. The molecular formula is C26H36N2. The quantitative estimate of drug-likeness (QED) is 0.363. The number of nitrogens with zero attached hydrogens (tertiary/aromatic N) is 2. The molecule has 28 heavy (non-hydrogen) atoms. The van der Waals surface area contributed by atoms with Gasteiger partial charge in [0, 0.05) is 13.1 Å². The molecule has 0 bridgehead atoms. The van der Waals surface area contributed by atoms with Gasteiger partial charge in [-0.1, -0.05) is 76.2 Å². The molecule has 0 unspecified atom stereocenters. The Hall–Kier alpha value is -2.16. The van der Waals surface area contributed by atoms with E-state index >= 15 is 0 Å². The lowest BCUT2D eigenvalue weighted by Crippen LogP contribution is -2.14. The predicted molar refractivity (Wildman–Crippen MR) is 128 cm³/mol. The Morgan fingerprint density at radius 1 is 0.571 bits per heavy atom. The Bertz CT molecular complexity index is 940. The Balaban J connectivity index is 0.000000660. The maximum atomic E-state index is 2.40. The van der Waals surface area contributed by atoms with Crippen LogP contribution in [0, 0.1) is 0 Å². The molecule has 2 nitrogen and oxygen atoms in total. The Morgan fingerprint density at radius 2 is 1.00 bits per heavy atom. The highest BCUT2D eigenvalue weighted by atomic mass is 15.1. The molecular weight excluding hydrogens is 340 g/mol. The normalized spacial score (nSPS) is 11.1. The molecule has 0 aliphatic carbocycles. The van der Waals surface area contributed by atoms with Gasteiger partial charge in [-0.3, -0.25) is 0 Å². The third kappa shape index (κ3) is 4.29. The molecule has 2 heteroatoms. The van der Waals surface area contributed by atoms with E-state index in [1.165, 1.54) is 43.4 Å². The maximum Gasteiger partial charge on any atom is 0.0233 e. The zero-order valence-corrected chi connectivity index (χ0v) is 18.9. The minimum Gasteiger partial charge on any atom is -0.305 e. The van der Waals surface area contributed by atoms with E-state index in [9.17, 15) is 0 Å². The van der Waals surface area contributed by atoms with Gasteiger partial charge in [0.1, 0.15) is 0 Å². The first-order chi connectivity index (χ1) is 13.5. The van der Waals surface area contributed by atoms with Crippen LogP contribution in [0.3, 0.4) is 0 Å². The van der Waals surface area contributed by atoms with Crippen LogP contribution in [-0.4, -0.2) is 38.0 Å². The molecule has 0 radical (unpaired) electrons. The summed E-state index contributed by atoms with van der Waals surface area (Å²) >= 11 is 0. The predicted octanol–water partition coefficient (Wildman–Crippen LogP) is 6.76. The smallest absolute Gasteiger partial charge is 0.0233 e. The molecule has 0 aliphatic heterocycles. The fourth-order valence-electron chi connectivity index (χ4n) is 3.93. The summed E-state index contributed by atoms with van der Waals surface area (Å²) in [6, 6.07) is 18.2. The summed E-state index contributed by atoms with van der Waals surface area (Å²) in [6.07, 6.45) is 0. The number of hydrogen-bond acceptors (Lipinski definition) is 2. The van der Waals surface area contributed by atoms with Crippen molar-refractivity contribution in [3.05, 3.63) is 59.7 Å². The lowest BCUT2D eigenvalue weighted by molar-refractivity contribution is 0.398. The number of rotatable bonds is 4. The van der Waals surface area contributed by atoms with Gasteiger partial charge in [-0.25, -0.2) is 0 Å². The van der Waals surface area contributed by atoms with E-state index in [1.807, 2.05) is 27.7 Å². The molecule has 150 valence electrons. The molecule has 0 aliphatic rings. The van der Waals surface area contributed by atoms with E-state index in [0.29, 0.717) is 0 Å². The summed E-state index contributed by atoms with van der Waals surface area (Å²) in [5.74, 6) is 0. The van der Waals surface area contributed by atoms with E-state index in [1.54, 1.807) is 0 Å². The summed E-state index contributed by atoms with van der Waals surface area (Å²) < 4.78 is 0. The largest absolute Gasteiger partial charge is 0.305 e. The molecule has 0 amide bonds. The Labute approximate surface area is 171 Å². The van der Waals surface area contributed by atoms with Crippen LogP contribution in [0.2, 0.25) is 0 Å². The summed E-state index contributed by atoms with van der Waals surface area (Å²) in [4.78, 5) is 4.51. The second kappa shape index (κ2) is 9.86. The summed E-state index contributed by atoms with van der Waals surface area (Å²) in [7, 11) is 8.57. The van der Waals surface area contributed by atoms with Crippen molar-refractivity contribution in [3.8, 4) is 0 Å². The highest BCUT2D eigenvalue weighted by molar-refractivity contribution is 6.24. The van der Waals surface area contributed by atoms with Crippen LogP contribution < -0.4 is 0 Å². The number of benzene rings is 4. The van der Waals surface area contributed by atoms with Gasteiger partial charge in [-0.15, -0.1) is 0 Å². The van der Waals surface area contributed by atoms with Crippen LogP contribution in [-0.2, 0) is 13.1 Å². The second-order valence-corrected chi connectivity index (χ2v) is 7.35. The average Bonchev–Trinajstić information content (AvgIpc) is 2.70. The summed E-state index contributed by atoms with van der Waals surface area (Å²) in [6.45, 7) is 9.93. The fourth-order valence-corrected chi connectivity index (χ4v) is 3.93. The molecule has 4 aromatic rings. The van der Waals surface area contributed by atoms with Crippen molar-refractivity contribution in [3.63, 3.8) is 0 Å². The van der Waals surface area contributed by atoms with E-state index in [2.05, 4.69) is 86.5 Å². The van der Waals surface area contributed by atoms with Gasteiger partial charge in [0.2, 0.25) is 0 Å². The van der Waals surface area contributed by atoms with Gasteiger partial charge in [0.15, 0.2) is 0 Å². The Morgan fingerprint density at radius 3 is 1.39 bits per heavy atom. The van der Waals surface area contributed by atoms with Crippen LogP contribution in [0.4, 0.5) is 0 Å². The molecule has 0 N–H and O–H groups in total. The van der Waals surface area contributed by atoms with E-state index in [4.69, 9.17) is 0 Å². The van der Waals surface area contributed by atoms with Crippen molar-refractivity contribution in [1.29, 1.82) is 0 Å². The molecule has 0 spiro atoms. The molecule has 0 aromatic heterocycles. The minimum atomic E-state index is 0.967. The standard InChI is InChI=1S/C22H24N2.2C2H6/c1-23(2)13-17-12-18(14-24(3)4)20-11-9-16-7-5-6-15-8-10-19(17)22(20)21(15)16;2*1-2/h5-12H,13-14H2,1-4H3;2*1-2H3. The third-order valence-corrected chi connectivity index (χ3v) is 4.79. The van der Waals surface area contributed by atoms with Crippen molar-refractivity contribution in [2.24, 2.45) is 0 Å². The summed E-state index contributed by atoms with van der Waals surface area (Å²) in [5.41, 5.74) is 2.84. The van der Waals surface area contributed by atoms with Crippen LogP contribution in [0.1, 0.15) is 38.8 Å². The molecule has 0 fully saturated rings. The van der Waals surface area contributed by atoms with Gasteiger partial charge in [-0.2, -0.15) is 0 Å². The molecule has 0 heterocycles. The lowest BCUT2D eigenvalue weighted by atomic mass is 9.89. The Kier molecular flexibility index (Phi) is 7.79. The second-order valence-electron chi connectivity index (χ2n) is 7.35. The third-order valence-electron chi connectivity index (χ3n) is 4.79. The topological polar surface area (TPSA) is 6.48 Å². The highest BCUT2D eigenvalue weighted by Crippen LogP contribution is 2.38. The van der Waals surface area contributed by atoms with Crippen molar-refractivity contribution in [2.75, 3.05) is 28.2 Å². The van der Waals surface area contributed by atoms with Crippen molar-refractivity contribution < 1.29 is 0 Å². The van der Waals surface area contributed by atoms with Gasteiger partial charge in [0.05, 0.1) is 0 Å². The first-order valence-corrected chi connectivity index (χ1v) is 10.5. The fraction of sp³-hybridized carbons (Fsp3) is 0.385. The van der Waals surface area contributed by atoms with E-state index < -0.39 is 0 Å². The van der Waals surface area contributed by atoms with Crippen LogP contribution >= 0.6 is 0 Å². The van der Waals surface area contributed by atoms with Gasteiger partial charge < -0.3 is 9.80 Å². The van der Waals surface area contributed by atoms with Gasteiger partial charge in [-0.05, 0) is 71.6 Å². The highest BCUT2D eigenvalue weighted by Gasteiger charge is 2.15. The number of hydrogen-bond donors (Lipinski definition) is 0. The van der Waals surface area contributed by atoms with Gasteiger partial charge in [0.25, 0.3) is 0 Å². The first kappa shape index (κ1) is 22.1. The zero-order chi connectivity index (χ0) is 20.8. The molecule has 4 rings (SSSR count). The average molecular weight is 377 g/mol. The van der Waals surface area contributed by atoms with E-state index in [0.717, 1.165) is 13.1 Å². The van der Waals surface area contributed by atoms with E-state index in [-0.39, 0.29) is 0 Å². The molecule has 0 saturated heterocycles. The minimum absolute atomic E-state index is 0.967. The van der Waals surface area contributed by atoms with Crippen LogP contribution in [0.5, 0.6) is 0 Å². The molecule has 0 saturated carbocycles. The van der Waals surface area contributed by atoms with Crippen molar-refractivity contribution in [1.82, 2.24) is 9.80 Å². The van der Waals surface area contributed by atoms with Gasteiger partial charge >= 0.3 is 0 Å². The zero-order valence-electron chi connectivity index (χ0n) is 18.9. The van der Waals surface area contributed by atoms with Crippen LogP contribution in [0.15, 0.2) is 48.5 Å². The van der Waals surface area contributed by atoms with Crippen LogP contribution in [0.25, 0.3) is 32.3 Å². The van der Waals surface area contributed by atoms with Crippen molar-refractivity contribution in [2.45, 2.75) is 40.8 Å². The monoisotopic (exact) mass is 376 g/mol. The molecule has 4 aromatic carbocycles. The van der Waals surface area contributed by atoms with Crippen molar-refractivity contribution >= 4 is 32.3 Å². The molecule has 0 atom stereocenters.